The summed E-state index contributed by atoms with van der Waals surface area (Å²) in [6, 6.07) is 9.96. The highest BCUT2D eigenvalue weighted by molar-refractivity contribution is 5.71. The second-order valence-corrected chi connectivity index (χ2v) is 6.19. The predicted molar refractivity (Wildman–Crippen MR) is 99.8 cm³/mol. The minimum Gasteiger partial charge on any atom is -0.502 e. The minimum absolute atomic E-state index is 0.0856. The monoisotopic (exact) mass is 402 g/mol. The topological polar surface area (TPSA) is 110 Å². The van der Waals surface area contributed by atoms with Crippen molar-refractivity contribution in [2.45, 2.75) is 25.9 Å². The number of ether oxygens (including phenoxy) is 1. The Hall–Kier alpha value is -3.39. The Morgan fingerprint density at radius 2 is 1.97 bits per heavy atom. The maximum Gasteiger partial charge on any atom is 0.306 e. The van der Waals surface area contributed by atoms with Gasteiger partial charge in [0.15, 0.2) is 5.76 Å². The number of carbonyl (C=O) groups is 1. The molecule has 0 unspecified atom stereocenters. The fourth-order valence-electron chi connectivity index (χ4n) is 2.92. The van der Waals surface area contributed by atoms with Crippen LogP contribution in [0.25, 0.3) is 11.3 Å². The zero-order valence-electron chi connectivity index (χ0n) is 15.6. The molecular formula is C21H19FO7. The molecule has 0 fully saturated rings. The minimum atomic E-state index is -1.02. The quantitative estimate of drug-likeness (QED) is 0.583. The first-order valence-corrected chi connectivity index (χ1v) is 8.91. The smallest absolute Gasteiger partial charge is 0.306 e. The van der Waals surface area contributed by atoms with Crippen LogP contribution in [0.1, 0.15) is 36.5 Å². The van der Waals surface area contributed by atoms with E-state index in [0.29, 0.717) is 0 Å². The molecule has 2 aromatic heterocycles. The summed E-state index contributed by atoms with van der Waals surface area (Å²) in [6.07, 6.45) is -0.302. The highest BCUT2D eigenvalue weighted by atomic mass is 19.1. The molecule has 152 valence electrons. The summed E-state index contributed by atoms with van der Waals surface area (Å²) in [5.41, 5.74) is -0.562. The van der Waals surface area contributed by atoms with Crippen LogP contribution >= 0.6 is 0 Å². The number of halogens is 1. The molecule has 2 N–H and O–H groups in total. The van der Waals surface area contributed by atoms with Gasteiger partial charge in [-0.15, -0.1) is 0 Å². The largest absolute Gasteiger partial charge is 0.502 e. The third kappa shape index (κ3) is 4.38. The van der Waals surface area contributed by atoms with E-state index in [1.54, 1.807) is 19.1 Å². The molecule has 0 aliphatic carbocycles. The van der Waals surface area contributed by atoms with Crippen LogP contribution in [0.3, 0.4) is 0 Å². The molecule has 0 saturated carbocycles. The van der Waals surface area contributed by atoms with Gasteiger partial charge in [0.25, 0.3) is 0 Å². The van der Waals surface area contributed by atoms with E-state index in [-0.39, 0.29) is 41.6 Å². The number of aromatic hydroxyl groups is 1. The van der Waals surface area contributed by atoms with Crippen molar-refractivity contribution in [1.82, 2.24) is 0 Å². The molecule has 7 nitrogen and oxygen atoms in total. The molecule has 0 aliphatic heterocycles. The van der Waals surface area contributed by atoms with E-state index in [9.17, 15) is 24.2 Å². The molecule has 8 heteroatoms. The Morgan fingerprint density at radius 1 is 1.21 bits per heavy atom. The molecular weight excluding hydrogens is 383 g/mol. The summed E-state index contributed by atoms with van der Waals surface area (Å²) in [5, 5.41) is 19.5. The van der Waals surface area contributed by atoms with Gasteiger partial charge in [-0.05, 0) is 31.2 Å². The molecule has 0 amide bonds. The van der Waals surface area contributed by atoms with Crippen LogP contribution in [-0.2, 0) is 16.1 Å². The Kier molecular flexibility index (Phi) is 6.13. The highest BCUT2D eigenvalue weighted by Gasteiger charge is 2.29. The molecule has 29 heavy (non-hydrogen) atoms. The summed E-state index contributed by atoms with van der Waals surface area (Å²) in [7, 11) is 0. The number of esters is 1. The molecule has 3 aromatic rings. The maximum absolute atomic E-state index is 14.1. The van der Waals surface area contributed by atoms with Crippen molar-refractivity contribution in [1.29, 1.82) is 0 Å². The van der Waals surface area contributed by atoms with E-state index in [0.717, 1.165) is 6.07 Å². The summed E-state index contributed by atoms with van der Waals surface area (Å²) in [6.45, 7) is 1.20. The van der Waals surface area contributed by atoms with Crippen LogP contribution in [0, 0.1) is 5.82 Å². The number of aliphatic hydroxyl groups is 1. The summed E-state index contributed by atoms with van der Waals surface area (Å²) < 4.78 is 30.2. The van der Waals surface area contributed by atoms with Gasteiger partial charge in [-0.1, -0.05) is 12.1 Å². The fraction of sp³-hybridized carbons (Fsp3) is 0.238. The summed E-state index contributed by atoms with van der Waals surface area (Å²) >= 11 is 0. The lowest BCUT2D eigenvalue weighted by Crippen LogP contribution is -2.14. The number of carbonyl (C=O) groups excluding carboxylic acids is 1. The van der Waals surface area contributed by atoms with E-state index in [1.807, 2.05) is 0 Å². The van der Waals surface area contributed by atoms with Gasteiger partial charge in [0, 0.05) is 6.07 Å². The normalized spacial score (nSPS) is 12.0. The van der Waals surface area contributed by atoms with Gasteiger partial charge < -0.3 is 23.8 Å². The van der Waals surface area contributed by atoms with Gasteiger partial charge in [0.05, 0.1) is 24.5 Å². The van der Waals surface area contributed by atoms with Crippen molar-refractivity contribution in [3.05, 3.63) is 75.8 Å². The van der Waals surface area contributed by atoms with Crippen LogP contribution in [-0.4, -0.2) is 22.8 Å². The maximum atomic E-state index is 14.1. The molecule has 3 rings (SSSR count). The molecule has 0 aliphatic rings. The van der Waals surface area contributed by atoms with Crippen molar-refractivity contribution in [2.75, 3.05) is 6.61 Å². The van der Waals surface area contributed by atoms with E-state index in [4.69, 9.17) is 13.6 Å². The Bertz CT molecular complexity index is 1070. The first-order chi connectivity index (χ1) is 13.9. The standard InChI is InChI=1S/C21H19FO7/c1-2-27-19(25)10-14(21-20(26)16(24)9-12(11-23)28-21)18-8-7-17(29-18)13-5-3-4-6-15(13)22/h3-9,14,23,26H,2,10-11H2,1H3/t14-/m0/s1. The van der Waals surface area contributed by atoms with Crippen molar-refractivity contribution in [2.24, 2.45) is 0 Å². The average Bonchev–Trinajstić information content (AvgIpc) is 3.18. The first-order valence-electron chi connectivity index (χ1n) is 8.91. The third-order valence-corrected chi connectivity index (χ3v) is 4.26. The van der Waals surface area contributed by atoms with Crippen LogP contribution in [0.2, 0.25) is 0 Å². The molecule has 1 aromatic carbocycles. The first kappa shape index (κ1) is 20.3. The van der Waals surface area contributed by atoms with Crippen LogP contribution in [0.5, 0.6) is 5.75 Å². The highest BCUT2D eigenvalue weighted by Crippen LogP contribution is 2.36. The second-order valence-electron chi connectivity index (χ2n) is 6.19. The van der Waals surface area contributed by atoms with Gasteiger partial charge in [-0.3, -0.25) is 9.59 Å². The van der Waals surface area contributed by atoms with Crippen molar-refractivity contribution in [3.8, 4) is 17.1 Å². The van der Waals surface area contributed by atoms with E-state index in [1.165, 1.54) is 24.3 Å². The SMILES string of the molecule is CCOC(=O)C[C@@H](c1ccc(-c2ccccc2F)o1)c1oc(CO)cc(=O)c1O. The number of benzene rings is 1. The van der Waals surface area contributed by atoms with Crippen molar-refractivity contribution in [3.63, 3.8) is 0 Å². The molecule has 0 spiro atoms. The number of aliphatic hydroxyl groups excluding tert-OH is 1. The number of rotatable bonds is 7. The zero-order valence-corrected chi connectivity index (χ0v) is 15.6. The predicted octanol–water partition coefficient (Wildman–Crippen LogP) is 3.32. The third-order valence-electron chi connectivity index (χ3n) is 4.26. The molecule has 1 atom stereocenters. The van der Waals surface area contributed by atoms with Gasteiger partial charge in [0.1, 0.15) is 29.7 Å². The van der Waals surface area contributed by atoms with Gasteiger partial charge >= 0.3 is 5.97 Å². The number of hydrogen-bond donors (Lipinski definition) is 2. The van der Waals surface area contributed by atoms with Gasteiger partial charge in [-0.2, -0.15) is 0 Å². The molecule has 2 heterocycles. The lowest BCUT2D eigenvalue weighted by molar-refractivity contribution is -0.143. The molecule has 0 bridgehead atoms. The zero-order chi connectivity index (χ0) is 21.0. The second kappa shape index (κ2) is 8.74. The lowest BCUT2D eigenvalue weighted by Gasteiger charge is -2.15. The number of hydrogen-bond acceptors (Lipinski definition) is 7. The van der Waals surface area contributed by atoms with Crippen molar-refractivity contribution < 1.29 is 33.0 Å². The van der Waals surface area contributed by atoms with E-state index in [2.05, 4.69) is 0 Å². The molecule has 0 saturated heterocycles. The summed E-state index contributed by atoms with van der Waals surface area (Å²) in [4.78, 5) is 24.1. The Labute approximate surface area is 165 Å². The number of furan rings is 1. The Morgan fingerprint density at radius 3 is 2.66 bits per heavy atom. The van der Waals surface area contributed by atoms with Crippen LogP contribution in [0.15, 0.2) is 56.1 Å². The fourth-order valence-corrected chi connectivity index (χ4v) is 2.92. The van der Waals surface area contributed by atoms with Gasteiger partial charge in [-0.25, -0.2) is 4.39 Å². The van der Waals surface area contributed by atoms with E-state index >= 15 is 0 Å². The Balaban J connectivity index is 2.08. The lowest BCUT2D eigenvalue weighted by atomic mass is 9.98. The van der Waals surface area contributed by atoms with E-state index < -0.39 is 35.5 Å². The van der Waals surface area contributed by atoms with Gasteiger partial charge in [0.2, 0.25) is 11.2 Å². The average molecular weight is 402 g/mol. The summed E-state index contributed by atoms with van der Waals surface area (Å²) in [5.74, 6) is -2.81. The van der Waals surface area contributed by atoms with Crippen LogP contribution in [0.4, 0.5) is 4.39 Å². The molecule has 0 radical (unpaired) electrons. The van der Waals surface area contributed by atoms with Crippen LogP contribution < -0.4 is 5.43 Å². The van der Waals surface area contributed by atoms with Crippen molar-refractivity contribution >= 4 is 5.97 Å².